The van der Waals surface area contributed by atoms with Crippen molar-refractivity contribution in [3.8, 4) is 10.4 Å². The molecule has 3 aromatic carbocycles. The molecule has 22 nitrogen and oxygen atoms in total. The number of nitrogens with zero attached hydrogens (tertiary/aromatic N) is 4. The number of aliphatic hydroxyl groups is 1. The first-order chi connectivity index (χ1) is 45.7. The molecule has 1 aliphatic carbocycles. The molecule has 9 rings (SSSR count). The number of carbonyl (C=O) groups is 8. The van der Waals surface area contributed by atoms with Crippen molar-refractivity contribution in [1.82, 2.24) is 46.3 Å². The van der Waals surface area contributed by atoms with Gasteiger partial charge in [-0.3, -0.25) is 42.9 Å². The number of hydrogen-bond acceptors (Lipinski definition) is 14. The minimum absolute atomic E-state index is 0.0310. The van der Waals surface area contributed by atoms with E-state index < -0.39 is 113 Å². The quantitative estimate of drug-likeness (QED) is 0.0180. The average Bonchev–Trinajstić information content (AvgIpc) is 1.58. The lowest BCUT2D eigenvalue weighted by molar-refractivity contribution is -0.150. The van der Waals surface area contributed by atoms with Crippen LogP contribution in [0, 0.1) is 17.8 Å². The van der Waals surface area contributed by atoms with E-state index in [0.717, 1.165) is 77.3 Å². The van der Waals surface area contributed by atoms with Gasteiger partial charge in [0.05, 0.1) is 52.7 Å². The molecular formula is C69H89F3N9O13PS2. The van der Waals surface area contributed by atoms with E-state index in [1.165, 1.54) is 33.3 Å². The van der Waals surface area contributed by atoms with Gasteiger partial charge < -0.3 is 60.9 Å². The number of fused-ring (bicyclic) bond motifs is 1. The number of nitrogens with one attached hydrogen (secondary N) is 5. The number of ether oxygens (including phenoxy) is 1. The fraction of sp³-hybridized carbons (Fsp3) is 0.551. The van der Waals surface area contributed by atoms with E-state index >= 15 is 0 Å². The predicted molar refractivity (Wildman–Crippen MR) is 361 cm³/mol. The Labute approximate surface area is 570 Å². The molecule has 3 saturated heterocycles. The number of β-amino-alcohol motifs (C(OH)–C–C–N with tert-alkyl or cyclic N) is 1. The third kappa shape index (κ3) is 18.4. The Hall–Kier alpha value is -7.13. The first kappa shape index (κ1) is 74.1. The van der Waals surface area contributed by atoms with Gasteiger partial charge in [0.25, 0.3) is 11.8 Å². The number of unbranched alkanes of at least 4 members (excludes halogenated alkanes) is 6. The van der Waals surface area contributed by atoms with E-state index in [1.807, 2.05) is 61.5 Å². The third-order valence-electron chi connectivity index (χ3n) is 18.4. The summed E-state index contributed by atoms with van der Waals surface area (Å²) in [6.07, 6.45) is 4.12. The maximum absolute atomic E-state index is 15.0. The SMILES string of the molecule is Cc1ncsc1-c1ccc([C@H](CC(=O)NCCCCCCCCCC(=O)N[C@H]2C[C@@H](C(=O)N3CCO[C@H](c4ccccc4)C3)N(C(=O)[C@@H](NC(=O)c3cc4cc(C(F)(F)P(=O)(O)O)ccc4s3)C(C)(C)C)C2)NC(=O)[C@@H]2C[C@@H](O)CN2C(=O)[C@@H](NC(=O)C2(F)CC2)C(C)(C)C)cc1. The van der Waals surface area contributed by atoms with Crippen LogP contribution in [0.5, 0.6) is 0 Å². The molecule has 2 aromatic heterocycles. The highest BCUT2D eigenvalue weighted by Crippen LogP contribution is 2.59. The molecule has 0 bridgehead atoms. The van der Waals surface area contributed by atoms with Gasteiger partial charge >= 0.3 is 13.3 Å². The van der Waals surface area contributed by atoms with Gasteiger partial charge in [-0.05, 0) is 90.1 Å². The van der Waals surface area contributed by atoms with E-state index in [-0.39, 0.29) is 99.3 Å². The number of amides is 8. The summed E-state index contributed by atoms with van der Waals surface area (Å²) in [5, 5.41) is 25.4. The van der Waals surface area contributed by atoms with Crippen LogP contribution in [0.4, 0.5) is 13.2 Å². The number of thiophene rings is 1. The normalized spacial score (nSPS) is 20.6. The molecule has 526 valence electrons. The van der Waals surface area contributed by atoms with Gasteiger partial charge in [-0.25, -0.2) is 9.37 Å². The highest BCUT2D eigenvalue weighted by atomic mass is 32.1. The van der Waals surface area contributed by atoms with Gasteiger partial charge in [-0.1, -0.05) is 134 Å². The molecule has 3 aliphatic heterocycles. The maximum Gasteiger partial charge on any atom is 0.399 e. The van der Waals surface area contributed by atoms with Crippen molar-refractivity contribution in [3.63, 3.8) is 0 Å². The van der Waals surface area contributed by atoms with Gasteiger partial charge in [0.15, 0.2) is 5.67 Å². The molecule has 28 heteroatoms. The molecule has 0 radical (unpaired) electrons. The van der Waals surface area contributed by atoms with Crippen LogP contribution < -0.4 is 26.6 Å². The molecule has 4 aliphatic rings. The number of rotatable bonds is 27. The lowest BCUT2D eigenvalue weighted by Gasteiger charge is -2.38. The largest absolute Gasteiger partial charge is 0.399 e. The summed E-state index contributed by atoms with van der Waals surface area (Å²) in [4.78, 5) is 141. The van der Waals surface area contributed by atoms with Crippen molar-refractivity contribution in [2.45, 2.75) is 192 Å². The molecule has 5 heterocycles. The number of thiazole rings is 1. The van der Waals surface area contributed by atoms with Crippen LogP contribution in [0.2, 0.25) is 0 Å². The Balaban J connectivity index is 0.757. The van der Waals surface area contributed by atoms with Crippen LogP contribution in [0.3, 0.4) is 0 Å². The zero-order chi connectivity index (χ0) is 70.4. The summed E-state index contributed by atoms with van der Waals surface area (Å²) < 4.78 is 62.3. The lowest BCUT2D eigenvalue weighted by Crippen LogP contribution is -2.59. The number of halogens is 3. The number of aryl methyl sites for hydroxylation is 1. The molecule has 4 fully saturated rings. The van der Waals surface area contributed by atoms with Crippen LogP contribution in [0.1, 0.15) is 169 Å². The fourth-order valence-corrected chi connectivity index (χ4v) is 14.9. The monoisotopic (exact) mass is 1400 g/mol. The number of carbonyl (C=O) groups excluding carboxylic acids is 8. The van der Waals surface area contributed by atoms with E-state index in [4.69, 9.17) is 4.74 Å². The number of hydrogen-bond donors (Lipinski definition) is 8. The summed E-state index contributed by atoms with van der Waals surface area (Å²) in [7, 11) is -5.87. The summed E-state index contributed by atoms with van der Waals surface area (Å²) in [5.74, 6) is -4.29. The Kier molecular flexibility index (Phi) is 23.7. The van der Waals surface area contributed by atoms with E-state index in [0.29, 0.717) is 29.6 Å². The number of morpholine rings is 1. The van der Waals surface area contributed by atoms with Crippen LogP contribution in [-0.2, 0) is 48.5 Å². The third-order valence-corrected chi connectivity index (χ3v) is 21.5. The standard InChI is InChI=1S/C69H89F3N9O13PS2/c1-41-57(96-40-74-41)44-23-21-42(22-24-44)49(76-60(85)50-35-48(82)38-81(50)64(89)59(67(5,6)7)78-65(90)68(70)27-28-68)36-56(84)73-29-17-12-10-8-9-11-16-20-55(83)75-47-34-51(62(87)79-30-31-94-52(39-79)43-18-14-13-15-19-43)80(37-47)63(88)58(66(2,3)4)77-61(86)54-33-45-32-46(25-26-53(45)97-54)69(71,72)95(91,92)93/h13-15,18-19,21-26,32-33,40,47-52,58-59,82H,8-12,16-17,20,27-31,34-39H2,1-7H3,(H,73,84)(H,75,83)(H,76,85)(H,77,86)(H,78,90)(H2,91,92,93)/t47-,48+,49-,50-,51-,52-,58+,59+/m0/s1. The molecule has 97 heavy (non-hydrogen) atoms. The fourth-order valence-electron chi connectivity index (χ4n) is 12.6. The predicted octanol–water partition coefficient (Wildman–Crippen LogP) is 8.87. The second-order valence-electron chi connectivity index (χ2n) is 28.1. The molecule has 8 atom stereocenters. The topological polar surface area (TPSA) is 306 Å². The molecule has 0 unspecified atom stereocenters. The minimum atomic E-state index is -5.87. The average molecular weight is 1400 g/mol. The second kappa shape index (κ2) is 31.0. The van der Waals surface area contributed by atoms with Crippen molar-refractivity contribution in [2.24, 2.45) is 10.8 Å². The van der Waals surface area contributed by atoms with E-state index in [1.54, 1.807) is 52.0 Å². The Bertz CT molecular complexity index is 3720. The lowest BCUT2D eigenvalue weighted by atomic mass is 9.85. The van der Waals surface area contributed by atoms with Crippen LogP contribution >= 0.6 is 30.3 Å². The molecule has 8 amide bonds. The van der Waals surface area contributed by atoms with Crippen LogP contribution in [0.25, 0.3) is 20.5 Å². The molecule has 1 saturated carbocycles. The number of aromatic nitrogens is 1. The van der Waals surface area contributed by atoms with Crippen molar-refractivity contribution in [1.29, 1.82) is 0 Å². The zero-order valence-corrected chi connectivity index (χ0v) is 58.3. The van der Waals surface area contributed by atoms with Crippen molar-refractivity contribution < 1.29 is 75.7 Å². The van der Waals surface area contributed by atoms with Gasteiger partial charge in [0.1, 0.15) is 30.3 Å². The van der Waals surface area contributed by atoms with Crippen molar-refractivity contribution in [2.75, 3.05) is 39.3 Å². The van der Waals surface area contributed by atoms with Gasteiger partial charge in [0, 0.05) is 55.3 Å². The van der Waals surface area contributed by atoms with Crippen LogP contribution in [0.15, 0.2) is 84.4 Å². The molecule has 0 spiro atoms. The summed E-state index contributed by atoms with van der Waals surface area (Å²) in [5.41, 5.74) is -4.22. The number of aliphatic hydroxyl groups excluding tert-OH is 1. The summed E-state index contributed by atoms with van der Waals surface area (Å²) in [6.45, 7) is 13.2. The minimum Gasteiger partial charge on any atom is -0.391 e. The summed E-state index contributed by atoms with van der Waals surface area (Å²) >= 11 is 2.43. The highest BCUT2D eigenvalue weighted by molar-refractivity contribution is 7.52. The Morgan fingerprint density at radius 3 is 2.03 bits per heavy atom. The second-order valence-corrected chi connectivity index (χ2v) is 31.7. The van der Waals surface area contributed by atoms with Crippen molar-refractivity contribution in [3.05, 3.63) is 112 Å². The van der Waals surface area contributed by atoms with Crippen LogP contribution in [-0.4, -0.2) is 163 Å². The van der Waals surface area contributed by atoms with Crippen molar-refractivity contribution >= 4 is 87.6 Å². The zero-order valence-electron chi connectivity index (χ0n) is 55.7. The van der Waals surface area contributed by atoms with Gasteiger partial charge in [-0.2, -0.15) is 8.78 Å². The number of alkyl halides is 3. The van der Waals surface area contributed by atoms with Gasteiger partial charge in [-0.15, -0.1) is 22.7 Å². The van der Waals surface area contributed by atoms with E-state index in [2.05, 4.69) is 31.6 Å². The number of likely N-dealkylation sites (tertiary alicyclic amines) is 2. The number of benzene rings is 3. The smallest absolute Gasteiger partial charge is 0.391 e. The Morgan fingerprint density at radius 1 is 0.763 bits per heavy atom. The first-order valence-corrected chi connectivity index (χ1v) is 36.4. The Morgan fingerprint density at radius 2 is 1.40 bits per heavy atom. The van der Waals surface area contributed by atoms with E-state index in [9.17, 15) is 71.0 Å². The first-order valence-electron chi connectivity index (χ1n) is 33.1. The highest BCUT2D eigenvalue weighted by Gasteiger charge is 2.54. The molecule has 5 aromatic rings. The molecular weight excluding hydrogens is 1310 g/mol. The van der Waals surface area contributed by atoms with Gasteiger partial charge in [0.2, 0.25) is 35.4 Å². The maximum atomic E-state index is 15.0. The summed E-state index contributed by atoms with van der Waals surface area (Å²) in [6, 6.07) is 15.2. The molecule has 8 N–H and O–H groups in total.